The molecule has 1 amide bonds. The van der Waals surface area contributed by atoms with Gasteiger partial charge in [-0.2, -0.15) is 0 Å². The fourth-order valence-electron chi connectivity index (χ4n) is 4.95. The molecule has 3 aromatic rings. The highest BCUT2D eigenvalue weighted by Gasteiger charge is 2.51. The van der Waals surface area contributed by atoms with Gasteiger partial charge in [0, 0.05) is 13.0 Å². The van der Waals surface area contributed by atoms with Crippen LogP contribution in [-0.4, -0.2) is 37.9 Å². The fourth-order valence-corrected chi connectivity index (χ4v) is 9.55. The number of alkyl halides is 1. The van der Waals surface area contributed by atoms with E-state index >= 15 is 0 Å². The van der Waals surface area contributed by atoms with Crippen molar-refractivity contribution in [2.45, 2.75) is 51.0 Å². The largest absolute Gasteiger partial charge is 0.405 e. The van der Waals surface area contributed by atoms with E-state index in [9.17, 15) is 9.18 Å². The molecule has 5 heteroatoms. The second-order valence-electron chi connectivity index (χ2n) is 9.78. The Morgan fingerprint density at radius 2 is 1.36 bits per heavy atom. The van der Waals surface area contributed by atoms with Gasteiger partial charge in [-0.3, -0.25) is 4.79 Å². The van der Waals surface area contributed by atoms with Crippen molar-refractivity contribution in [3.05, 3.63) is 96.6 Å². The number of nitrogens with zero attached hydrogens (tertiary/aromatic N) is 1. The zero-order valence-corrected chi connectivity index (χ0v) is 20.6. The van der Waals surface area contributed by atoms with Crippen molar-refractivity contribution >= 4 is 24.6 Å². The number of carbonyl (C=O) groups excluding carboxylic acids is 1. The van der Waals surface area contributed by atoms with E-state index in [1.807, 2.05) is 66.7 Å². The molecule has 0 saturated carbocycles. The van der Waals surface area contributed by atoms with Crippen LogP contribution in [0.5, 0.6) is 0 Å². The molecule has 1 aliphatic heterocycles. The van der Waals surface area contributed by atoms with E-state index in [4.69, 9.17) is 4.43 Å². The van der Waals surface area contributed by atoms with Gasteiger partial charge in [-0.25, -0.2) is 4.39 Å². The lowest BCUT2D eigenvalue weighted by atomic mass is 10.2. The predicted octanol–water partition coefficient (Wildman–Crippen LogP) is 4.70. The lowest BCUT2D eigenvalue weighted by Gasteiger charge is -2.44. The molecule has 1 heterocycles. The van der Waals surface area contributed by atoms with E-state index < -0.39 is 20.4 Å². The molecule has 0 bridgehead atoms. The van der Waals surface area contributed by atoms with E-state index in [-0.39, 0.29) is 17.5 Å². The molecule has 0 aromatic heterocycles. The van der Waals surface area contributed by atoms with Gasteiger partial charge in [0.25, 0.3) is 14.2 Å². The fraction of sp³-hybridized carbons (Fsp3) is 0.321. The third-order valence-electron chi connectivity index (χ3n) is 6.58. The molecular weight excluding hydrogens is 429 g/mol. The number of rotatable bonds is 7. The van der Waals surface area contributed by atoms with Crippen molar-refractivity contribution in [3.63, 3.8) is 0 Å². The van der Waals surface area contributed by atoms with E-state index in [0.29, 0.717) is 13.2 Å². The molecule has 2 atom stereocenters. The molecule has 4 rings (SSSR count). The lowest BCUT2D eigenvalue weighted by molar-refractivity contribution is -0.133. The number of hydrogen-bond donors (Lipinski definition) is 0. The number of carbonyl (C=O) groups is 1. The van der Waals surface area contributed by atoms with Crippen molar-refractivity contribution in [3.8, 4) is 0 Å². The highest BCUT2D eigenvalue weighted by molar-refractivity contribution is 6.99. The molecule has 0 spiro atoms. The Balaban J connectivity index is 1.69. The van der Waals surface area contributed by atoms with Crippen molar-refractivity contribution in [2.75, 3.05) is 6.61 Å². The Hall–Kier alpha value is -2.76. The van der Waals surface area contributed by atoms with Gasteiger partial charge in [0.05, 0.1) is 12.6 Å². The Labute approximate surface area is 197 Å². The first kappa shape index (κ1) is 23.4. The van der Waals surface area contributed by atoms with Crippen LogP contribution in [0.1, 0.15) is 32.8 Å². The van der Waals surface area contributed by atoms with Gasteiger partial charge in [0.2, 0.25) is 0 Å². The van der Waals surface area contributed by atoms with E-state index in [1.165, 1.54) is 10.4 Å². The van der Waals surface area contributed by atoms with Gasteiger partial charge in [0.1, 0.15) is 0 Å². The first-order valence-electron chi connectivity index (χ1n) is 11.6. The highest BCUT2D eigenvalue weighted by atomic mass is 28.4. The monoisotopic (exact) mass is 461 g/mol. The van der Waals surface area contributed by atoms with Crippen molar-refractivity contribution in [2.24, 2.45) is 0 Å². The van der Waals surface area contributed by atoms with Crippen LogP contribution in [-0.2, 0) is 15.8 Å². The topological polar surface area (TPSA) is 29.5 Å². The number of likely N-dealkylation sites (tertiary alicyclic amines) is 1. The molecule has 172 valence electrons. The van der Waals surface area contributed by atoms with Crippen LogP contribution in [0.25, 0.3) is 0 Å². The van der Waals surface area contributed by atoms with Crippen LogP contribution in [0, 0.1) is 0 Å². The molecule has 3 aromatic carbocycles. The predicted molar refractivity (Wildman–Crippen MR) is 134 cm³/mol. The number of hydrogen-bond acceptors (Lipinski definition) is 2. The number of halogens is 1. The normalized spacial score (nSPS) is 19.2. The summed E-state index contributed by atoms with van der Waals surface area (Å²) >= 11 is 0. The van der Waals surface area contributed by atoms with Crippen LogP contribution >= 0.6 is 0 Å². The maximum absolute atomic E-state index is 14.6. The van der Waals surface area contributed by atoms with Crippen LogP contribution in [0.2, 0.25) is 5.04 Å². The second-order valence-corrected chi connectivity index (χ2v) is 14.1. The average molecular weight is 462 g/mol. The number of amides is 1. The quantitative estimate of drug-likeness (QED) is 0.477. The van der Waals surface area contributed by atoms with Gasteiger partial charge in [0.15, 0.2) is 6.17 Å². The smallest absolute Gasteiger partial charge is 0.261 e. The summed E-state index contributed by atoms with van der Waals surface area (Å²) < 4.78 is 21.6. The van der Waals surface area contributed by atoms with Crippen molar-refractivity contribution < 1.29 is 13.6 Å². The molecule has 33 heavy (non-hydrogen) atoms. The average Bonchev–Trinajstić information content (AvgIpc) is 3.08. The summed E-state index contributed by atoms with van der Waals surface area (Å²) in [6, 6.07) is 30.3. The van der Waals surface area contributed by atoms with Crippen molar-refractivity contribution in [1.82, 2.24) is 4.90 Å². The number of benzene rings is 3. The summed E-state index contributed by atoms with van der Waals surface area (Å²) in [5.41, 5.74) is 0.996. The Bertz CT molecular complexity index is 1010. The minimum atomic E-state index is -2.74. The standard InChI is InChI=1S/C28H32FNO2Si/c1-28(2,3)33(24-15-9-5-10-16-24,25-17-11-6-12-18-25)32-21-23-19-26(29)27(31)30(23)20-22-13-7-4-8-14-22/h4-18,23,26H,19-21H2,1-3H3/t23-,26+/m0/s1. The molecule has 1 fully saturated rings. The molecular formula is C28H32FNO2Si. The van der Waals surface area contributed by atoms with Gasteiger partial charge >= 0.3 is 0 Å². The summed E-state index contributed by atoms with van der Waals surface area (Å²) in [5, 5.41) is 2.19. The zero-order chi connectivity index (χ0) is 23.5. The second kappa shape index (κ2) is 9.62. The van der Waals surface area contributed by atoms with Crippen LogP contribution in [0.3, 0.4) is 0 Å². The Morgan fingerprint density at radius 1 is 0.879 bits per heavy atom. The van der Waals surface area contributed by atoms with Gasteiger partial charge in [-0.05, 0) is 21.0 Å². The van der Waals surface area contributed by atoms with Crippen LogP contribution < -0.4 is 10.4 Å². The van der Waals surface area contributed by atoms with E-state index in [1.54, 1.807) is 4.90 Å². The molecule has 1 saturated heterocycles. The van der Waals surface area contributed by atoms with Crippen LogP contribution in [0.15, 0.2) is 91.0 Å². The molecule has 0 N–H and O–H groups in total. The molecule has 0 unspecified atom stereocenters. The summed E-state index contributed by atoms with van der Waals surface area (Å²) in [5.74, 6) is -0.435. The highest BCUT2D eigenvalue weighted by Crippen LogP contribution is 2.37. The van der Waals surface area contributed by atoms with E-state index in [0.717, 1.165) is 5.56 Å². The summed E-state index contributed by atoms with van der Waals surface area (Å²) in [4.78, 5) is 14.4. The zero-order valence-electron chi connectivity index (χ0n) is 19.6. The third-order valence-corrected chi connectivity index (χ3v) is 11.6. The van der Waals surface area contributed by atoms with Crippen molar-refractivity contribution in [1.29, 1.82) is 0 Å². The Morgan fingerprint density at radius 3 is 1.85 bits per heavy atom. The summed E-state index contributed by atoms with van der Waals surface area (Å²) in [6.45, 7) is 7.37. The lowest BCUT2D eigenvalue weighted by Crippen LogP contribution is -2.67. The molecule has 1 aliphatic rings. The first-order valence-corrected chi connectivity index (χ1v) is 13.5. The van der Waals surface area contributed by atoms with Gasteiger partial charge < -0.3 is 9.33 Å². The van der Waals surface area contributed by atoms with Gasteiger partial charge in [-0.1, -0.05) is 112 Å². The Kier molecular flexibility index (Phi) is 6.82. The minimum Gasteiger partial charge on any atom is -0.405 e. The minimum absolute atomic E-state index is 0.169. The van der Waals surface area contributed by atoms with E-state index in [2.05, 4.69) is 45.0 Å². The third kappa shape index (κ3) is 4.66. The molecule has 3 nitrogen and oxygen atoms in total. The molecule has 0 aliphatic carbocycles. The maximum Gasteiger partial charge on any atom is 0.261 e. The van der Waals surface area contributed by atoms with Gasteiger partial charge in [-0.15, -0.1) is 0 Å². The first-order chi connectivity index (χ1) is 15.8. The summed E-state index contributed by atoms with van der Waals surface area (Å²) in [6.07, 6.45) is -1.30. The SMILES string of the molecule is CC(C)(C)[Si](OC[C@@H]1C[C@@H](F)C(=O)N1Cc1ccccc1)(c1ccccc1)c1ccccc1. The maximum atomic E-state index is 14.6. The van der Waals surface area contributed by atoms with Crippen LogP contribution in [0.4, 0.5) is 4.39 Å². The summed E-state index contributed by atoms with van der Waals surface area (Å²) in [7, 11) is -2.74. The molecule has 0 radical (unpaired) electrons.